The van der Waals surface area contributed by atoms with Crippen molar-refractivity contribution in [3.05, 3.63) is 51.7 Å². The van der Waals surface area contributed by atoms with Crippen LogP contribution < -0.4 is 5.56 Å². The lowest BCUT2D eigenvalue weighted by Gasteiger charge is -2.11. The largest absolute Gasteiger partial charge is 0.307 e. The summed E-state index contributed by atoms with van der Waals surface area (Å²) in [6.07, 6.45) is 4.59. The topological polar surface area (TPSA) is 45.8 Å². The third-order valence-corrected chi connectivity index (χ3v) is 3.98. The van der Waals surface area contributed by atoms with Crippen molar-refractivity contribution in [3.63, 3.8) is 0 Å². The molecule has 0 saturated heterocycles. The molecule has 1 heterocycles. The first-order valence-electron chi connectivity index (χ1n) is 7.01. The Bertz CT molecular complexity index is 687. The van der Waals surface area contributed by atoms with Crippen LogP contribution >= 0.6 is 0 Å². The molecular formula is C16H17FN2O. The van der Waals surface area contributed by atoms with Crippen molar-refractivity contribution in [2.24, 2.45) is 0 Å². The van der Waals surface area contributed by atoms with E-state index in [0.717, 1.165) is 29.7 Å². The molecule has 1 aliphatic rings. The first kappa shape index (κ1) is 13.0. The van der Waals surface area contributed by atoms with Gasteiger partial charge in [-0.2, -0.15) is 0 Å². The predicted octanol–water partition coefficient (Wildman–Crippen LogP) is 3.54. The van der Waals surface area contributed by atoms with E-state index in [1.165, 1.54) is 25.0 Å². The molecule has 0 unspecified atom stereocenters. The molecule has 1 aromatic carbocycles. The molecule has 0 spiro atoms. The van der Waals surface area contributed by atoms with E-state index in [0.29, 0.717) is 11.7 Å². The molecule has 4 heteroatoms. The fourth-order valence-electron chi connectivity index (χ4n) is 2.93. The van der Waals surface area contributed by atoms with Crippen molar-refractivity contribution in [1.29, 1.82) is 0 Å². The Hall–Kier alpha value is -1.97. The highest BCUT2D eigenvalue weighted by atomic mass is 19.1. The maximum atomic E-state index is 13.2. The number of nitrogens with one attached hydrogen (secondary N) is 1. The lowest BCUT2D eigenvalue weighted by atomic mass is 10.0. The summed E-state index contributed by atoms with van der Waals surface area (Å²) in [6, 6.07) is 6.11. The van der Waals surface area contributed by atoms with Crippen molar-refractivity contribution in [2.75, 3.05) is 0 Å². The summed E-state index contributed by atoms with van der Waals surface area (Å²) in [4.78, 5) is 19.2. The summed E-state index contributed by atoms with van der Waals surface area (Å²) in [5.74, 6) is 0.647. The van der Waals surface area contributed by atoms with Crippen molar-refractivity contribution >= 4 is 0 Å². The Labute approximate surface area is 116 Å². The summed E-state index contributed by atoms with van der Waals surface area (Å²) in [5.41, 5.74) is 2.28. The Morgan fingerprint density at radius 3 is 2.70 bits per heavy atom. The Morgan fingerprint density at radius 2 is 2.00 bits per heavy atom. The average Bonchev–Trinajstić information content (AvgIpc) is 2.91. The summed E-state index contributed by atoms with van der Waals surface area (Å²) in [5, 5.41) is 0. The maximum absolute atomic E-state index is 13.2. The summed E-state index contributed by atoms with van der Waals surface area (Å²) in [6.45, 7) is 1.82. The number of rotatable bonds is 2. The van der Waals surface area contributed by atoms with Crippen molar-refractivity contribution in [1.82, 2.24) is 9.97 Å². The van der Waals surface area contributed by atoms with Crippen LogP contribution in [0.3, 0.4) is 0 Å². The van der Waals surface area contributed by atoms with Gasteiger partial charge in [-0.3, -0.25) is 4.79 Å². The zero-order chi connectivity index (χ0) is 14.1. The molecule has 2 aromatic rings. The van der Waals surface area contributed by atoms with E-state index in [1.807, 2.05) is 6.92 Å². The standard InChI is InChI=1S/C16H17FN2O/c1-10-8-12(17)6-7-13(10)16-18-14(9-15(20)19-16)11-4-2-3-5-11/h6-9,11H,2-5H2,1H3,(H,18,19,20). The van der Waals surface area contributed by atoms with Crippen LogP contribution in [0.15, 0.2) is 29.1 Å². The molecule has 1 aliphatic carbocycles. The van der Waals surface area contributed by atoms with E-state index >= 15 is 0 Å². The normalized spacial score (nSPS) is 15.7. The zero-order valence-corrected chi connectivity index (χ0v) is 11.4. The first-order valence-corrected chi connectivity index (χ1v) is 7.01. The van der Waals surface area contributed by atoms with Gasteiger partial charge in [0.05, 0.1) is 5.69 Å². The second-order valence-corrected chi connectivity index (χ2v) is 5.46. The maximum Gasteiger partial charge on any atom is 0.251 e. The molecule has 0 amide bonds. The van der Waals surface area contributed by atoms with Gasteiger partial charge in [0.25, 0.3) is 5.56 Å². The van der Waals surface area contributed by atoms with Gasteiger partial charge in [-0.05, 0) is 43.5 Å². The van der Waals surface area contributed by atoms with Crippen LogP contribution in [0.5, 0.6) is 0 Å². The Kier molecular flexibility index (Phi) is 3.38. The Morgan fingerprint density at radius 1 is 1.25 bits per heavy atom. The monoisotopic (exact) mass is 272 g/mol. The predicted molar refractivity (Wildman–Crippen MR) is 76.2 cm³/mol. The van der Waals surface area contributed by atoms with Crippen molar-refractivity contribution in [3.8, 4) is 11.4 Å². The van der Waals surface area contributed by atoms with Gasteiger partial charge in [-0.15, -0.1) is 0 Å². The zero-order valence-electron chi connectivity index (χ0n) is 11.4. The lowest BCUT2D eigenvalue weighted by molar-refractivity contribution is 0.626. The van der Waals surface area contributed by atoms with Crippen molar-refractivity contribution < 1.29 is 4.39 Å². The number of aromatic amines is 1. The van der Waals surface area contributed by atoms with Crippen LogP contribution in [0.4, 0.5) is 4.39 Å². The minimum absolute atomic E-state index is 0.138. The number of halogens is 1. The number of hydrogen-bond donors (Lipinski definition) is 1. The third-order valence-electron chi connectivity index (χ3n) is 3.98. The molecule has 0 aliphatic heterocycles. The van der Waals surface area contributed by atoms with E-state index in [1.54, 1.807) is 12.1 Å². The molecule has 0 radical (unpaired) electrons. The van der Waals surface area contributed by atoms with Crippen LogP contribution in [0.1, 0.15) is 42.9 Å². The molecule has 1 N–H and O–H groups in total. The third kappa shape index (κ3) is 2.50. The highest BCUT2D eigenvalue weighted by Crippen LogP contribution is 2.33. The van der Waals surface area contributed by atoms with Crippen molar-refractivity contribution in [2.45, 2.75) is 38.5 Å². The molecule has 0 bridgehead atoms. The van der Waals surface area contributed by atoms with E-state index < -0.39 is 0 Å². The van der Waals surface area contributed by atoms with Gasteiger partial charge in [-0.25, -0.2) is 9.37 Å². The van der Waals surface area contributed by atoms with Gasteiger partial charge in [0.2, 0.25) is 0 Å². The van der Waals surface area contributed by atoms with Crippen LogP contribution in [0, 0.1) is 12.7 Å². The highest BCUT2D eigenvalue weighted by molar-refractivity contribution is 5.59. The van der Waals surface area contributed by atoms with Gasteiger partial charge < -0.3 is 4.98 Å². The van der Waals surface area contributed by atoms with E-state index in [2.05, 4.69) is 9.97 Å². The van der Waals surface area contributed by atoms with Crippen LogP contribution in [0.2, 0.25) is 0 Å². The molecule has 1 saturated carbocycles. The molecule has 0 atom stereocenters. The van der Waals surface area contributed by atoms with Crippen LogP contribution in [-0.2, 0) is 0 Å². The number of nitrogens with zero attached hydrogens (tertiary/aromatic N) is 1. The number of aromatic nitrogens is 2. The fourth-order valence-corrected chi connectivity index (χ4v) is 2.93. The van der Waals surface area contributed by atoms with Gasteiger partial charge >= 0.3 is 0 Å². The summed E-state index contributed by atoms with van der Waals surface area (Å²) < 4.78 is 13.2. The van der Waals surface area contributed by atoms with Crippen LogP contribution in [0.25, 0.3) is 11.4 Å². The summed E-state index contributed by atoms with van der Waals surface area (Å²) in [7, 11) is 0. The minimum atomic E-state index is -0.277. The molecule has 1 fully saturated rings. The van der Waals surface area contributed by atoms with E-state index in [4.69, 9.17) is 0 Å². The molecule has 3 nitrogen and oxygen atoms in total. The van der Waals surface area contributed by atoms with E-state index in [-0.39, 0.29) is 11.4 Å². The molecule has 1 aromatic heterocycles. The lowest BCUT2D eigenvalue weighted by Crippen LogP contribution is -2.12. The second kappa shape index (κ2) is 5.19. The van der Waals surface area contributed by atoms with Gasteiger partial charge in [-0.1, -0.05) is 12.8 Å². The number of H-pyrrole nitrogens is 1. The second-order valence-electron chi connectivity index (χ2n) is 5.46. The fraction of sp³-hybridized carbons (Fsp3) is 0.375. The number of benzene rings is 1. The minimum Gasteiger partial charge on any atom is -0.307 e. The highest BCUT2D eigenvalue weighted by Gasteiger charge is 2.20. The first-order chi connectivity index (χ1) is 9.63. The molecule has 3 rings (SSSR count). The van der Waals surface area contributed by atoms with Gasteiger partial charge in [0.1, 0.15) is 11.6 Å². The van der Waals surface area contributed by atoms with Gasteiger partial charge in [0.15, 0.2) is 0 Å². The number of hydrogen-bond acceptors (Lipinski definition) is 2. The number of aryl methyl sites for hydroxylation is 1. The molecular weight excluding hydrogens is 255 g/mol. The van der Waals surface area contributed by atoms with E-state index in [9.17, 15) is 9.18 Å². The Balaban J connectivity index is 2.07. The molecule has 104 valence electrons. The molecule has 20 heavy (non-hydrogen) atoms. The smallest absolute Gasteiger partial charge is 0.251 e. The quantitative estimate of drug-likeness (QED) is 0.908. The van der Waals surface area contributed by atoms with Crippen LogP contribution in [-0.4, -0.2) is 9.97 Å². The SMILES string of the molecule is Cc1cc(F)ccc1-c1nc(C2CCCC2)cc(=O)[nH]1. The summed E-state index contributed by atoms with van der Waals surface area (Å²) >= 11 is 0. The average molecular weight is 272 g/mol. The van der Waals surface area contributed by atoms with Gasteiger partial charge in [0, 0.05) is 17.5 Å².